The van der Waals surface area contributed by atoms with E-state index in [1.807, 2.05) is 0 Å². The molecule has 0 aliphatic heterocycles. The van der Waals surface area contributed by atoms with Crippen LogP contribution in [0.25, 0.3) is 0 Å². The molecule has 0 bridgehead atoms. The van der Waals surface area contributed by atoms with Crippen LogP contribution < -0.4 is 5.32 Å². The summed E-state index contributed by atoms with van der Waals surface area (Å²) in [5.41, 5.74) is 1.69. The zero-order chi connectivity index (χ0) is 20.1. The number of aromatic nitrogens is 1. The summed E-state index contributed by atoms with van der Waals surface area (Å²) in [4.78, 5) is 38.8. The first-order valence-corrected chi connectivity index (χ1v) is 8.79. The average Bonchev–Trinajstić information content (AvgIpc) is 2.88. The predicted molar refractivity (Wildman–Crippen MR) is 97.5 cm³/mol. The summed E-state index contributed by atoms with van der Waals surface area (Å²) in [6.45, 7) is 4.06. The van der Waals surface area contributed by atoms with Crippen LogP contribution in [-0.4, -0.2) is 35.0 Å². The number of thioether (sulfide) groups is 1. The van der Waals surface area contributed by atoms with Crippen molar-refractivity contribution in [3.05, 3.63) is 46.8 Å². The highest BCUT2D eigenvalue weighted by atomic mass is 32.2. The molecule has 0 unspecified atom stereocenters. The predicted octanol–water partition coefficient (Wildman–Crippen LogP) is 3.94. The SMILES string of the molecule is CC(=O)c1c(C)[nH]c(C(=O)OCC(=O)Nc2ccccc2SC(F)F)c1C. The second kappa shape index (κ2) is 8.81. The molecule has 0 saturated carbocycles. The van der Waals surface area contributed by atoms with Gasteiger partial charge in [0.2, 0.25) is 0 Å². The molecule has 0 saturated heterocycles. The molecule has 0 aliphatic carbocycles. The van der Waals surface area contributed by atoms with Gasteiger partial charge in [0, 0.05) is 16.2 Å². The molecule has 27 heavy (non-hydrogen) atoms. The summed E-state index contributed by atoms with van der Waals surface area (Å²) in [6.07, 6.45) is 0. The highest BCUT2D eigenvalue weighted by Gasteiger charge is 2.21. The first-order valence-electron chi connectivity index (χ1n) is 7.91. The number of para-hydroxylation sites is 1. The normalized spacial score (nSPS) is 10.7. The maximum absolute atomic E-state index is 12.6. The van der Waals surface area contributed by atoms with E-state index in [-0.39, 0.29) is 22.1 Å². The van der Waals surface area contributed by atoms with E-state index in [1.54, 1.807) is 26.0 Å². The van der Waals surface area contributed by atoms with Gasteiger partial charge in [-0.05, 0) is 38.5 Å². The van der Waals surface area contributed by atoms with Crippen LogP contribution in [0.1, 0.15) is 39.0 Å². The Balaban J connectivity index is 2.02. The number of benzene rings is 1. The van der Waals surface area contributed by atoms with Gasteiger partial charge in [0.25, 0.3) is 11.7 Å². The number of aryl methyl sites for hydroxylation is 1. The zero-order valence-corrected chi connectivity index (χ0v) is 15.7. The highest BCUT2D eigenvalue weighted by Crippen LogP contribution is 2.31. The van der Waals surface area contributed by atoms with Crippen molar-refractivity contribution in [1.29, 1.82) is 0 Å². The van der Waals surface area contributed by atoms with Gasteiger partial charge in [0.05, 0.1) is 5.69 Å². The highest BCUT2D eigenvalue weighted by molar-refractivity contribution is 7.99. The molecule has 1 aromatic heterocycles. The molecule has 0 aliphatic rings. The van der Waals surface area contributed by atoms with E-state index in [2.05, 4.69) is 10.3 Å². The van der Waals surface area contributed by atoms with Crippen molar-refractivity contribution in [2.75, 3.05) is 11.9 Å². The number of rotatable bonds is 7. The number of Topliss-reactive ketones (excluding diaryl/α,β-unsaturated/α-hetero) is 1. The molecule has 0 radical (unpaired) electrons. The topological polar surface area (TPSA) is 88.3 Å². The third-order valence-electron chi connectivity index (χ3n) is 3.71. The standard InChI is InChI=1S/C18H18F2N2O4S/c1-9-15(11(3)23)10(2)21-16(9)17(25)26-8-14(24)22-12-6-4-5-7-13(12)27-18(19)20/h4-7,18,21H,8H2,1-3H3,(H,22,24). The van der Waals surface area contributed by atoms with E-state index in [9.17, 15) is 23.2 Å². The van der Waals surface area contributed by atoms with Crippen molar-refractivity contribution in [2.45, 2.75) is 31.4 Å². The van der Waals surface area contributed by atoms with E-state index in [1.165, 1.54) is 19.1 Å². The van der Waals surface area contributed by atoms with Crippen LogP contribution >= 0.6 is 11.8 Å². The van der Waals surface area contributed by atoms with Crippen LogP contribution in [0.5, 0.6) is 0 Å². The van der Waals surface area contributed by atoms with Crippen LogP contribution in [0, 0.1) is 13.8 Å². The van der Waals surface area contributed by atoms with E-state index in [4.69, 9.17) is 4.74 Å². The van der Waals surface area contributed by atoms with Crippen molar-refractivity contribution in [2.24, 2.45) is 0 Å². The number of hydrogen-bond donors (Lipinski definition) is 2. The van der Waals surface area contributed by atoms with Gasteiger partial charge in [-0.1, -0.05) is 23.9 Å². The van der Waals surface area contributed by atoms with Crippen molar-refractivity contribution >= 4 is 35.1 Å². The molecule has 0 atom stereocenters. The van der Waals surface area contributed by atoms with Gasteiger partial charge in [-0.25, -0.2) is 4.79 Å². The summed E-state index contributed by atoms with van der Waals surface area (Å²) < 4.78 is 30.1. The minimum Gasteiger partial charge on any atom is -0.451 e. The number of ketones is 1. The third kappa shape index (κ3) is 5.16. The lowest BCUT2D eigenvalue weighted by atomic mass is 10.1. The number of alkyl halides is 2. The van der Waals surface area contributed by atoms with Gasteiger partial charge < -0.3 is 15.0 Å². The minimum absolute atomic E-state index is 0.0964. The summed E-state index contributed by atoms with van der Waals surface area (Å²) in [5.74, 6) is -4.27. The molecule has 2 rings (SSSR count). The van der Waals surface area contributed by atoms with Crippen LogP contribution in [0.4, 0.5) is 14.5 Å². The van der Waals surface area contributed by atoms with Crippen LogP contribution in [0.15, 0.2) is 29.2 Å². The largest absolute Gasteiger partial charge is 0.451 e. The van der Waals surface area contributed by atoms with E-state index in [0.717, 1.165) is 0 Å². The second-order valence-electron chi connectivity index (χ2n) is 5.68. The molecule has 1 heterocycles. The van der Waals surface area contributed by atoms with Gasteiger partial charge in [-0.3, -0.25) is 9.59 Å². The number of esters is 1. The molecule has 2 aromatic rings. The van der Waals surface area contributed by atoms with Crippen molar-refractivity contribution in [1.82, 2.24) is 4.98 Å². The minimum atomic E-state index is -2.63. The van der Waals surface area contributed by atoms with Gasteiger partial charge in [0.1, 0.15) is 5.69 Å². The molecular formula is C18H18F2N2O4S. The first-order chi connectivity index (χ1) is 12.7. The number of ether oxygens (including phenoxy) is 1. The summed E-state index contributed by atoms with van der Waals surface area (Å²) in [7, 11) is 0. The lowest BCUT2D eigenvalue weighted by Crippen LogP contribution is -2.21. The average molecular weight is 396 g/mol. The quantitative estimate of drug-likeness (QED) is 0.420. The molecule has 0 fully saturated rings. The molecule has 2 N–H and O–H groups in total. The number of amides is 1. The van der Waals surface area contributed by atoms with Crippen LogP contribution in [-0.2, 0) is 9.53 Å². The first kappa shape index (κ1) is 20.6. The monoisotopic (exact) mass is 396 g/mol. The van der Waals surface area contributed by atoms with Crippen LogP contribution in [0.3, 0.4) is 0 Å². The fraction of sp³-hybridized carbons (Fsp3) is 0.278. The molecule has 1 aromatic carbocycles. The number of carbonyl (C=O) groups excluding carboxylic acids is 3. The van der Waals surface area contributed by atoms with Crippen molar-refractivity contribution in [3.8, 4) is 0 Å². The summed E-state index contributed by atoms with van der Waals surface area (Å²) in [6, 6.07) is 6.09. The summed E-state index contributed by atoms with van der Waals surface area (Å²) >= 11 is 0.305. The lowest BCUT2D eigenvalue weighted by molar-refractivity contribution is -0.119. The van der Waals surface area contributed by atoms with Crippen molar-refractivity contribution in [3.63, 3.8) is 0 Å². The molecule has 1 amide bonds. The fourth-order valence-corrected chi connectivity index (χ4v) is 3.24. The second-order valence-corrected chi connectivity index (χ2v) is 6.71. The molecule has 9 heteroatoms. The van der Waals surface area contributed by atoms with Crippen LogP contribution in [0.2, 0.25) is 0 Å². The lowest BCUT2D eigenvalue weighted by Gasteiger charge is -2.10. The number of aromatic amines is 1. The van der Waals surface area contributed by atoms with E-state index < -0.39 is 24.2 Å². The number of carbonyl (C=O) groups is 3. The van der Waals surface area contributed by atoms with Gasteiger partial charge in [-0.2, -0.15) is 8.78 Å². The Hall–Kier alpha value is -2.68. The number of anilines is 1. The van der Waals surface area contributed by atoms with E-state index >= 15 is 0 Å². The smallest absolute Gasteiger partial charge is 0.355 e. The van der Waals surface area contributed by atoms with Gasteiger partial charge >= 0.3 is 5.97 Å². The molecule has 0 spiro atoms. The molecule has 144 valence electrons. The van der Waals surface area contributed by atoms with Crippen molar-refractivity contribution < 1.29 is 27.9 Å². The molecular weight excluding hydrogens is 378 g/mol. The Morgan fingerprint density at radius 2 is 1.89 bits per heavy atom. The van der Waals surface area contributed by atoms with E-state index in [0.29, 0.717) is 28.6 Å². The Bertz CT molecular complexity index is 880. The number of hydrogen-bond acceptors (Lipinski definition) is 5. The number of nitrogens with one attached hydrogen (secondary N) is 2. The molecule has 6 nitrogen and oxygen atoms in total. The zero-order valence-electron chi connectivity index (χ0n) is 14.9. The number of halogens is 2. The number of H-pyrrole nitrogens is 1. The maximum atomic E-state index is 12.6. The Kier molecular flexibility index (Phi) is 6.73. The Labute approximate surface area is 158 Å². The summed E-state index contributed by atoms with van der Waals surface area (Å²) in [5, 5.41) is 2.44. The third-order valence-corrected chi connectivity index (χ3v) is 4.49. The fourth-order valence-electron chi connectivity index (χ4n) is 2.64. The van der Waals surface area contributed by atoms with Gasteiger partial charge in [-0.15, -0.1) is 0 Å². The maximum Gasteiger partial charge on any atom is 0.355 e. The Morgan fingerprint density at radius 3 is 2.48 bits per heavy atom. The Morgan fingerprint density at radius 1 is 1.22 bits per heavy atom. The van der Waals surface area contributed by atoms with Gasteiger partial charge in [0.15, 0.2) is 12.4 Å².